The molecule has 2 aromatic carbocycles. The van der Waals surface area contributed by atoms with E-state index in [0.29, 0.717) is 29.8 Å². The molecule has 8 heteroatoms. The van der Waals surface area contributed by atoms with Crippen LogP contribution in [0, 0.1) is 5.82 Å². The molecule has 0 aliphatic heterocycles. The number of rotatable bonds is 5. The van der Waals surface area contributed by atoms with Crippen LogP contribution in [0.15, 0.2) is 36.4 Å². The third-order valence-corrected chi connectivity index (χ3v) is 3.94. The Morgan fingerprint density at radius 2 is 1.80 bits per heavy atom. The molecule has 0 bridgehead atoms. The first-order chi connectivity index (χ1) is 12.2. The Morgan fingerprint density at radius 3 is 2.52 bits per heavy atom. The van der Waals surface area contributed by atoms with Crippen LogP contribution in [-0.2, 0) is 6.54 Å². The third kappa shape index (κ3) is 2.71. The molecule has 4 rings (SSSR count). The Bertz CT molecular complexity index is 1040. The minimum absolute atomic E-state index is 0.254. The summed E-state index contributed by atoms with van der Waals surface area (Å²) in [5.74, 6) is 2.09. The molecule has 7 nitrogen and oxygen atoms in total. The van der Waals surface area contributed by atoms with Gasteiger partial charge in [0.1, 0.15) is 5.82 Å². The van der Waals surface area contributed by atoms with E-state index in [1.165, 1.54) is 12.1 Å². The molecule has 2 N–H and O–H groups in total. The van der Waals surface area contributed by atoms with Crippen LogP contribution in [0.4, 0.5) is 10.3 Å². The molecule has 0 saturated heterocycles. The van der Waals surface area contributed by atoms with E-state index >= 15 is 0 Å². The molecule has 0 aliphatic rings. The molecule has 0 amide bonds. The number of halogens is 1. The number of nitrogens with zero attached hydrogens (tertiary/aromatic N) is 3. The fourth-order valence-electron chi connectivity index (χ4n) is 2.67. The topological polar surface area (TPSA) is 76.5 Å². The molecule has 0 saturated carbocycles. The number of ether oxygens (including phenoxy) is 2. The van der Waals surface area contributed by atoms with Crippen molar-refractivity contribution in [1.82, 2.24) is 19.6 Å². The Morgan fingerprint density at radius 1 is 1.08 bits per heavy atom. The molecular weight excluding hydrogens is 325 g/mol. The number of aromatic amines is 1. The number of H-pyrrole nitrogens is 1. The minimum atomic E-state index is -0.254. The Kier molecular flexibility index (Phi) is 3.64. The van der Waals surface area contributed by atoms with Gasteiger partial charge in [0.2, 0.25) is 5.95 Å². The number of fused-ring (bicyclic) bond motifs is 3. The largest absolute Gasteiger partial charge is 0.493 e. The molecular formula is C17H16FN5O2. The Hall–Kier alpha value is -3.29. The predicted octanol–water partition coefficient (Wildman–Crippen LogP) is 2.98. The summed E-state index contributed by atoms with van der Waals surface area (Å²) in [5.41, 5.74) is 2.53. The average Bonchev–Trinajstić information content (AvgIpc) is 3.17. The summed E-state index contributed by atoms with van der Waals surface area (Å²) in [6, 6.07) is 9.96. The van der Waals surface area contributed by atoms with E-state index < -0.39 is 0 Å². The Labute approximate surface area is 142 Å². The van der Waals surface area contributed by atoms with Gasteiger partial charge in [-0.3, -0.25) is 5.10 Å². The summed E-state index contributed by atoms with van der Waals surface area (Å²) in [5, 5.41) is 6.32. The van der Waals surface area contributed by atoms with E-state index in [1.807, 2.05) is 12.1 Å². The van der Waals surface area contributed by atoms with Crippen LogP contribution in [0.2, 0.25) is 0 Å². The molecule has 0 unspecified atom stereocenters. The van der Waals surface area contributed by atoms with Crippen LogP contribution in [0.3, 0.4) is 0 Å². The molecule has 0 fully saturated rings. The lowest BCUT2D eigenvalue weighted by Crippen LogP contribution is -2.01. The maximum atomic E-state index is 12.9. The van der Waals surface area contributed by atoms with E-state index in [2.05, 4.69) is 20.4 Å². The quantitative estimate of drug-likeness (QED) is 0.584. The molecule has 0 spiro atoms. The second kappa shape index (κ2) is 5.97. The van der Waals surface area contributed by atoms with Gasteiger partial charge >= 0.3 is 0 Å². The van der Waals surface area contributed by atoms with Crippen LogP contribution in [0.5, 0.6) is 11.5 Å². The molecule has 0 atom stereocenters. The molecule has 4 aromatic rings. The number of methoxy groups -OCH3 is 2. The van der Waals surface area contributed by atoms with Gasteiger partial charge in [-0.15, -0.1) is 0 Å². The molecule has 2 aromatic heterocycles. The number of hydrogen-bond donors (Lipinski definition) is 2. The van der Waals surface area contributed by atoms with Crippen molar-refractivity contribution in [3.05, 3.63) is 47.8 Å². The molecule has 0 aliphatic carbocycles. The van der Waals surface area contributed by atoms with E-state index in [9.17, 15) is 4.39 Å². The van der Waals surface area contributed by atoms with Crippen molar-refractivity contribution in [3.63, 3.8) is 0 Å². The van der Waals surface area contributed by atoms with Crippen LogP contribution in [0.1, 0.15) is 5.56 Å². The van der Waals surface area contributed by atoms with Gasteiger partial charge in [0, 0.05) is 18.7 Å². The van der Waals surface area contributed by atoms with Crippen molar-refractivity contribution >= 4 is 22.8 Å². The monoisotopic (exact) mass is 341 g/mol. The number of benzene rings is 2. The normalized spacial score (nSPS) is 11.2. The van der Waals surface area contributed by atoms with E-state index in [-0.39, 0.29) is 5.82 Å². The zero-order chi connectivity index (χ0) is 17.4. The number of nitrogens with one attached hydrogen (secondary N) is 2. The van der Waals surface area contributed by atoms with Crippen molar-refractivity contribution in [3.8, 4) is 11.5 Å². The first-order valence-corrected chi connectivity index (χ1v) is 7.66. The van der Waals surface area contributed by atoms with Crippen LogP contribution < -0.4 is 14.8 Å². The summed E-state index contributed by atoms with van der Waals surface area (Å²) in [6.07, 6.45) is 0. The second-order valence-corrected chi connectivity index (χ2v) is 5.50. The van der Waals surface area contributed by atoms with Crippen molar-refractivity contribution in [2.24, 2.45) is 0 Å². The molecule has 0 radical (unpaired) electrons. The van der Waals surface area contributed by atoms with Gasteiger partial charge in [0.15, 0.2) is 11.5 Å². The highest BCUT2D eigenvalue weighted by Crippen LogP contribution is 2.32. The van der Waals surface area contributed by atoms with Crippen molar-refractivity contribution < 1.29 is 13.9 Å². The first kappa shape index (κ1) is 15.3. The van der Waals surface area contributed by atoms with E-state index in [0.717, 1.165) is 16.6 Å². The zero-order valence-electron chi connectivity index (χ0n) is 13.7. The maximum Gasteiger partial charge on any atom is 0.253 e. The van der Waals surface area contributed by atoms with Gasteiger partial charge in [-0.25, -0.2) is 13.9 Å². The number of hydrogen-bond acceptors (Lipinski definition) is 5. The van der Waals surface area contributed by atoms with Gasteiger partial charge < -0.3 is 14.8 Å². The zero-order valence-corrected chi connectivity index (χ0v) is 13.7. The molecule has 2 heterocycles. The smallest absolute Gasteiger partial charge is 0.253 e. The lowest BCUT2D eigenvalue weighted by Gasteiger charge is -2.06. The van der Waals surface area contributed by atoms with Gasteiger partial charge in [0.25, 0.3) is 5.78 Å². The summed E-state index contributed by atoms with van der Waals surface area (Å²) in [7, 11) is 3.17. The van der Waals surface area contributed by atoms with Crippen LogP contribution in [0.25, 0.3) is 16.8 Å². The molecule has 25 heavy (non-hydrogen) atoms. The highest BCUT2D eigenvalue weighted by atomic mass is 19.1. The van der Waals surface area contributed by atoms with Gasteiger partial charge in [-0.1, -0.05) is 12.1 Å². The lowest BCUT2D eigenvalue weighted by molar-refractivity contribution is 0.355. The third-order valence-electron chi connectivity index (χ3n) is 3.94. The first-order valence-electron chi connectivity index (χ1n) is 7.66. The van der Waals surface area contributed by atoms with Crippen molar-refractivity contribution in [2.75, 3.05) is 19.5 Å². The standard InChI is InChI=1S/C17H16FN5O2/c1-24-14-7-12-13(8-15(14)25-2)23-17(20-12)21-16(22-23)19-9-10-3-5-11(18)6-4-10/h3-8H,9H2,1-2H3,(H2,19,20,21,22). The second-order valence-electron chi connectivity index (χ2n) is 5.50. The number of imidazole rings is 1. The van der Waals surface area contributed by atoms with Crippen LogP contribution >= 0.6 is 0 Å². The SMILES string of the molecule is COc1cc2nc3nc(NCc4ccc(F)cc4)[nH]n3c2cc1OC. The van der Waals surface area contributed by atoms with Crippen molar-refractivity contribution in [1.29, 1.82) is 0 Å². The van der Waals surface area contributed by atoms with E-state index in [1.54, 1.807) is 30.9 Å². The average molecular weight is 341 g/mol. The summed E-state index contributed by atoms with van der Waals surface area (Å²) in [6.45, 7) is 0.520. The highest BCUT2D eigenvalue weighted by Gasteiger charge is 2.14. The summed E-state index contributed by atoms with van der Waals surface area (Å²) in [4.78, 5) is 8.90. The minimum Gasteiger partial charge on any atom is -0.493 e. The van der Waals surface area contributed by atoms with Gasteiger partial charge in [-0.2, -0.15) is 4.98 Å². The van der Waals surface area contributed by atoms with Crippen LogP contribution in [-0.4, -0.2) is 33.8 Å². The van der Waals surface area contributed by atoms with Gasteiger partial charge in [-0.05, 0) is 17.7 Å². The van der Waals surface area contributed by atoms with Gasteiger partial charge in [0.05, 0.1) is 25.3 Å². The van der Waals surface area contributed by atoms with E-state index in [4.69, 9.17) is 9.47 Å². The fourth-order valence-corrected chi connectivity index (χ4v) is 2.67. The summed E-state index contributed by atoms with van der Waals surface area (Å²) < 4.78 is 25.3. The van der Waals surface area contributed by atoms with Crippen molar-refractivity contribution in [2.45, 2.75) is 6.54 Å². The highest BCUT2D eigenvalue weighted by molar-refractivity contribution is 5.83. The Balaban J connectivity index is 1.64. The predicted molar refractivity (Wildman–Crippen MR) is 91.7 cm³/mol. The lowest BCUT2D eigenvalue weighted by atomic mass is 10.2. The molecule has 128 valence electrons. The number of aromatic nitrogens is 4. The fraction of sp³-hybridized carbons (Fsp3) is 0.176. The number of anilines is 1. The summed E-state index contributed by atoms with van der Waals surface area (Å²) >= 11 is 0. The maximum absolute atomic E-state index is 12.9.